The molecule has 0 radical (unpaired) electrons. The zero-order chi connectivity index (χ0) is 20.6. The molecule has 3 aromatic rings. The molecule has 3 nitrogen and oxygen atoms in total. The van der Waals surface area contributed by atoms with Crippen molar-refractivity contribution in [2.75, 3.05) is 0 Å². The molecule has 0 bridgehead atoms. The van der Waals surface area contributed by atoms with E-state index in [1.54, 1.807) is 12.1 Å². The van der Waals surface area contributed by atoms with Gasteiger partial charge in [-0.15, -0.1) is 0 Å². The lowest BCUT2D eigenvalue weighted by molar-refractivity contribution is 0.452. The first-order valence-electron chi connectivity index (χ1n) is 7.33. The van der Waals surface area contributed by atoms with Crippen LogP contribution in [0.2, 0.25) is 0 Å². The number of hydrogen-bond acceptors (Lipinski definition) is 3. The lowest BCUT2D eigenvalue weighted by Gasteiger charge is -2.15. The first-order valence-corrected chi connectivity index (χ1v) is 12.9. The molecule has 1 N–H and O–H groups in total. The predicted molar refractivity (Wildman–Crippen MR) is 135 cm³/mol. The Bertz CT molecular complexity index is 1000. The van der Waals surface area contributed by atoms with Crippen LogP contribution in [0.1, 0.15) is 0 Å². The molecule has 0 aliphatic heterocycles. The normalized spacial score (nSPS) is 10.8. The molecule has 10 heteroatoms. The van der Waals surface area contributed by atoms with E-state index in [0.717, 1.165) is 13.4 Å². The van der Waals surface area contributed by atoms with Gasteiger partial charge in [-0.3, -0.25) is 0 Å². The number of rotatable bonds is 4. The highest BCUT2D eigenvalue weighted by Gasteiger charge is 2.16. The van der Waals surface area contributed by atoms with Crippen LogP contribution in [0.15, 0.2) is 67.7 Å². The molecular formula is C18H7Br7O3. The average Bonchev–Trinajstić information content (AvgIpc) is 2.59. The van der Waals surface area contributed by atoms with Crippen molar-refractivity contribution >= 4 is 112 Å². The fourth-order valence-corrected chi connectivity index (χ4v) is 7.03. The lowest BCUT2D eigenvalue weighted by Crippen LogP contribution is -1.92. The van der Waals surface area contributed by atoms with Crippen LogP contribution in [-0.4, -0.2) is 5.11 Å². The van der Waals surface area contributed by atoms with Gasteiger partial charge in [0, 0.05) is 4.47 Å². The molecule has 0 saturated heterocycles. The van der Waals surface area contributed by atoms with Crippen molar-refractivity contribution in [1.82, 2.24) is 0 Å². The van der Waals surface area contributed by atoms with Crippen LogP contribution in [0.25, 0.3) is 0 Å². The van der Waals surface area contributed by atoms with Gasteiger partial charge in [0.25, 0.3) is 0 Å². The predicted octanol–water partition coefficient (Wildman–Crippen LogP) is 10.3. The molecular weight excluding hydrogens is 824 g/mol. The van der Waals surface area contributed by atoms with Crippen LogP contribution in [0.3, 0.4) is 0 Å². The van der Waals surface area contributed by atoms with Gasteiger partial charge in [0.1, 0.15) is 17.2 Å². The molecule has 0 amide bonds. The van der Waals surface area contributed by atoms with E-state index in [9.17, 15) is 5.11 Å². The largest absolute Gasteiger partial charge is 0.506 e. The van der Waals surface area contributed by atoms with Gasteiger partial charge in [0.15, 0.2) is 11.5 Å². The minimum atomic E-state index is 0.111. The molecule has 0 atom stereocenters. The number of hydrogen-bond donors (Lipinski definition) is 1. The highest BCUT2D eigenvalue weighted by molar-refractivity contribution is 9.12. The van der Waals surface area contributed by atoms with Gasteiger partial charge in [-0.2, -0.15) is 0 Å². The van der Waals surface area contributed by atoms with Gasteiger partial charge in [-0.1, -0.05) is 15.9 Å². The molecule has 0 aliphatic rings. The molecule has 3 aromatic carbocycles. The van der Waals surface area contributed by atoms with E-state index in [2.05, 4.69) is 112 Å². The fraction of sp³-hybridized carbons (Fsp3) is 0. The summed E-state index contributed by atoms with van der Waals surface area (Å²) >= 11 is 24.1. The van der Waals surface area contributed by atoms with Crippen molar-refractivity contribution in [1.29, 1.82) is 0 Å². The standard InChI is InChI=1S/C18H7Br7O3/c19-7-1-12(22)17(13(23)2-7)28-9-5-14(24)18(15(25)6-9)27-8-3-10(20)16(26)11(21)4-8/h1-6,26H. The maximum atomic E-state index is 9.85. The molecule has 0 aliphatic carbocycles. The van der Waals surface area contributed by atoms with Crippen LogP contribution in [0.5, 0.6) is 28.7 Å². The number of benzene rings is 3. The zero-order valence-electron chi connectivity index (χ0n) is 13.4. The van der Waals surface area contributed by atoms with Crippen molar-refractivity contribution in [3.8, 4) is 28.7 Å². The fourth-order valence-electron chi connectivity index (χ4n) is 2.16. The van der Waals surface area contributed by atoms with E-state index in [0.29, 0.717) is 40.9 Å². The number of phenolic OH excluding ortho intramolecular Hbond substituents is 1. The first-order chi connectivity index (χ1) is 13.2. The summed E-state index contributed by atoms with van der Waals surface area (Å²) in [4.78, 5) is 0. The van der Waals surface area contributed by atoms with Crippen LogP contribution in [0, 0.1) is 0 Å². The maximum Gasteiger partial charge on any atom is 0.156 e. The van der Waals surface area contributed by atoms with Gasteiger partial charge in [0.05, 0.1) is 26.8 Å². The summed E-state index contributed by atoms with van der Waals surface area (Å²) in [6, 6.07) is 10.8. The number of phenols is 1. The van der Waals surface area contributed by atoms with Crippen LogP contribution >= 0.6 is 112 Å². The van der Waals surface area contributed by atoms with Gasteiger partial charge >= 0.3 is 0 Å². The Morgan fingerprint density at radius 1 is 0.500 bits per heavy atom. The summed E-state index contributed by atoms with van der Waals surface area (Å²) in [6.45, 7) is 0. The van der Waals surface area contributed by atoms with Gasteiger partial charge in [-0.25, -0.2) is 0 Å². The number of halogens is 7. The van der Waals surface area contributed by atoms with E-state index in [4.69, 9.17) is 9.47 Å². The summed E-state index contributed by atoms with van der Waals surface area (Å²) < 4.78 is 17.0. The monoisotopic (exact) mass is 823 g/mol. The van der Waals surface area contributed by atoms with E-state index >= 15 is 0 Å². The smallest absolute Gasteiger partial charge is 0.156 e. The lowest BCUT2D eigenvalue weighted by atomic mass is 10.3. The van der Waals surface area contributed by atoms with Crippen molar-refractivity contribution in [3.05, 3.63) is 67.7 Å². The van der Waals surface area contributed by atoms with Crippen LogP contribution in [0.4, 0.5) is 0 Å². The summed E-state index contributed by atoms with van der Waals surface area (Å²) in [5.41, 5.74) is 0. The molecule has 28 heavy (non-hydrogen) atoms. The number of aromatic hydroxyl groups is 1. The van der Waals surface area contributed by atoms with Crippen molar-refractivity contribution in [2.45, 2.75) is 0 Å². The quantitative estimate of drug-likeness (QED) is 0.285. The Hall–Kier alpha value is 0.420. The van der Waals surface area contributed by atoms with Gasteiger partial charge in [0.2, 0.25) is 0 Å². The zero-order valence-corrected chi connectivity index (χ0v) is 24.5. The molecule has 0 heterocycles. The minimum Gasteiger partial charge on any atom is -0.506 e. The Labute approximate surface area is 220 Å². The topological polar surface area (TPSA) is 38.7 Å². The summed E-state index contributed by atoms with van der Waals surface area (Å²) in [5, 5.41) is 9.85. The second-order valence-electron chi connectivity index (χ2n) is 5.35. The summed E-state index contributed by atoms with van der Waals surface area (Å²) in [6.07, 6.45) is 0. The molecule has 3 rings (SSSR count). The van der Waals surface area contributed by atoms with Gasteiger partial charge < -0.3 is 14.6 Å². The Morgan fingerprint density at radius 3 is 1.21 bits per heavy atom. The highest BCUT2D eigenvalue weighted by Crippen LogP contribution is 2.45. The SMILES string of the molecule is Oc1c(Br)cc(Oc2c(Br)cc(Oc3c(Br)cc(Br)cc3Br)cc2Br)cc1Br. The average molecular weight is 831 g/mol. The molecule has 0 aromatic heterocycles. The highest BCUT2D eigenvalue weighted by atomic mass is 79.9. The second-order valence-corrected chi connectivity index (χ2v) is 11.4. The van der Waals surface area contributed by atoms with Crippen molar-refractivity contribution < 1.29 is 14.6 Å². The molecule has 0 saturated carbocycles. The summed E-state index contributed by atoms with van der Waals surface area (Å²) in [5.74, 6) is 2.50. The number of ether oxygens (including phenoxy) is 2. The van der Waals surface area contributed by atoms with Crippen molar-refractivity contribution in [2.24, 2.45) is 0 Å². The maximum absolute atomic E-state index is 9.85. The van der Waals surface area contributed by atoms with E-state index in [1.165, 1.54) is 0 Å². The Kier molecular flexibility index (Phi) is 8.00. The van der Waals surface area contributed by atoms with Crippen molar-refractivity contribution in [3.63, 3.8) is 0 Å². The third-order valence-electron chi connectivity index (χ3n) is 3.37. The minimum absolute atomic E-state index is 0.111. The Balaban J connectivity index is 1.92. The second kappa shape index (κ2) is 9.70. The van der Waals surface area contributed by atoms with E-state index in [-0.39, 0.29) is 5.75 Å². The summed E-state index contributed by atoms with van der Waals surface area (Å²) in [7, 11) is 0. The van der Waals surface area contributed by atoms with E-state index < -0.39 is 0 Å². The third-order valence-corrected chi connectivity index (χ3v) is 7.39. The Morgan fingerprint density at radius 2 is 0.821 bits per heavy atom. The van der Waals surface area contributed by atoms with Crippen LogP contribution in [-0.2, 0) is 0 Å². The van der Waals surface area contributed by atoms with Gasteiger partial charge in [-0.05, 0) is 132 Å². The van der Waals surface area contributed by atoms with Crippen LogP contribution < -0.4 is 9.47 Å². The molecule has 146 valence electrons. The molecule has 0 spiro atoms. The third kappa shape index (κ3) is 5.36. The molecule has 0 fully saturated rings. The van der Waals surface area contributed by atoms with E-state index in [1.807, 2.05) is 24.3 Å². The first kappa shape index (κ1) is 23.1. The molecule has 0 unspecified atom stereocenters.